The highest BCUT2D eigenvalue weighted by Gasteiger charge is 2.70. The van der Waals surface area contributed by atoms with Crippen LogP contribution in [-0.2, 0) is 4.74 Å². The molecule has 3 aliphatic carbocycles. The summed E-state index contributed by atoms with van der Waals surface area (Å²) in [6.45, 7) is 7.53. The molecule has 0 spiro atoms. The van der Waals surface area contributed by atoms with E-state index in [2.05, 4.69) is 11.4 Å². The lowest BCUT2D eigenvalue weighted by atomic mass is 9.36. The monoisotopic (exact) mass is 236 g/mol. The van der Waals surface area contributed by atoms with Gasteiger partial charge < -0.3 is 10.1 Å². The number of nitrogens with zero attached hydrogens (tertiary/aromatic N) is 1. The van der Waals surface area contributed by atoms with Gasteiger partial charge in [0.2, 0.25) is 0 Å². The summed E-state index contributed by atoms with van der Waals surface area (Å²) in [5.74, 6) is 0.0878. The minimum Gasteiger partial charge on any atom is -0.444 e. The number of hydrogen-bond acceptors (Lipinski definition) is 3. The quantitative estimate of drug-likeness (QED) is 0.801. The molecule has 0 saturated heterocycles. The second-order valence-electron chi connectivity index (χ2n) is 6.65. The molecule has 1 amide bonds. The summed E-state index contributed by atoms with van der Waals surface area (Å²) in [7, 11) is 0. The average Bonchev–Trinajstić information content (AvgIpc) is 2.04. The van der Waals surface area contributed by atoms with E-state index in [9.17, 15) is 4.79 Å². The van der Waals surface area contributed by atoms with Gasteiger partial charge in [0.1, 0.15) is 5.60 Å². The molecule has 3 aliphatic rings. The summed E-state index contributed by atoms with van der Waals surface area (Å²) in [6, 6.07) is 2.31. The molecular weight excluding hydrogens is 216 g/mol. The van der Waals surface area contributed by atoms with Gasteiger partial charge in [0.05, 0.1) is 6.07 Å². The number of rotatable bonds is 2. The number of ether oxygens (including phenoxy) is 1. The Balaban J connectivity index is 1.83. The van der Waals surface area contributed by atoms with Crippen molar-refractivity contribution in [1.82, 2.24) is 5.32 Å². The molecule has 94 valence electrons. The third-order valence-electron chi connectivity index (χ3n) is 3.95. The highest BCUT2D eigenvalue weighted by molar-refractivity contribution is 5.70. The van der Waals surface area contributed by atoms with Crippen LogP contribution in [0.1, 0.15) is 47.0 Å². The van der Waals surface area contributed by atoms with E-state index in [1.165, 1.54) is 0 Å². The number of hydrogen-bond donors (Lipinski definition) is 1. The molecule has 1 atom stereocenters. The van der Waals surface area contributed by atoms with E-state index >= 15 is 0 Å². The first-order valence-corrected chi connectivity index (χ1v) is 6.11. The zero-order valence-electron chi connectivity index (χ0n) is 11.0. The Morgan fingerprint density at radius 3 is 2.35 bits per heavy atom. The van der Waals surface area contributed by atoms with Crippen LogP contribution in [0.4, 0.5) is 4.79 Å². The molecule has 3 rings (SSSR count). The second kappa shape index (κ2) is 3.38. The molecule has 0 aromatic carbocycles. The number of carbonyl (C=O) groups is 1. The van der Waals surface area contributed by atoms with Crippen molar-refractivity contribution in [3.63, 3.8) is 0 Å². The van der Waals surface area contributed by atoms with Crippen LogP contribution < -0.4 is 5.32 Å². The average molecular weight is 236 g/mol. The van der Waals surface area contributed by atoms with E-state index in [0.29, 0.717) is 0 Å². The topological polar surface area (TPSA) is 62.1 Å². The molecule has 1 N–H and O–H groups in total. The van der Waals surface area contributed by atoms with Crippen LogP contribution in [0, 0.1) is 22.7 Å². The molecular formula is C13H20N2O2. The molecule has 3 fully saturated rings. The fraction of sp³-hybridized carbons (Fsp3) is 0.846. The van der Waals surface area contributed by atoms with Gasteiger partial charge in [-0.15, -0.1) is 0 Å². The number of nitriles is 1. The largest absolute Gasteiger partial charge is 0.444 e. The molecule has 4 nitrogen and oxygen atoms in total. The molecule has 0 aliphatic heterocycles. The third-order valence-corrected chi connectivity index (χ3v) is 3.95. The minimum atomic E-state index is -0.453. The summed E-state index contributed by atoms with van der Waals surface area (Å²) >= 11 is 0. The molecule has 0 radical (unpaired) electrons. The molecule has 0 aromatic rings. The number of nitrogens with one attached hydrogen (secondary N) is 1. The highest BCUT2D eigenvalue weighted by atomic mass is 16.6. The van der Waals surface area contributed by atoms with Crippen molar-refractivity contribution in [2.45, 2.75) is 58.1 Å². The summed E-state index contributed by atoms with van der Waals surface area (Å²) in [6.07, 6.45) is 2.44. The molecule has 2 bridgehead atoms. The van der Waals surface area contributed by atoms with E-state index < -0.39 is 5.60 Å². The predicted molar refractivity (Wildman–Crippen MR) is 63.2 cm³/mol. The molecule has 0 aromatic heterocycles. The molecule has 0 heterocycles. The van der Waals surface area contributed by atoms with Crippen LogP contribution in [0.2, 0.25) is 0 Å². The Morgan fingerprint density at radius 2 is 1.94 bits per heavy atom. The summed E-state index contributed by atoms with van der Waals surface area (Å²) < 4.78 is 5.24. The number of alkyl carbamates (subject to hydrolysis) is 1. The molecule has 1 unspecified atom stereocenters. The Morgan fingerprint density at radius 1 is 1.41 bits per heavy atom. The summed E-state index contributed by atoms with van der Waals surface area (Å²) in [5.41, 5.74) is -0.359. The smallest absolute Gasteiger partial charge is 0.408 e. The number of carbonyl (C=O) groups excluding carboxylic acids is 1. The van der Waals surface area contributed by atoms with Gasteiger partial charge in [-0.25, -0.2) is 4.79 Å². The van der Waals surface area contributed by atoms with Gasteiger partial charge >= 0.3 is 6.09 Å². The molecule has 3 saturated carbocycles. The van der Waals surface area contributed by atoms with Gasteiger partial charge in [0.15, 0.2) is 0 Å². The van der Waals surface area contributed by atoms with Crippen molar-refractivity contribution >= 4 is 6.09 Å². The second-order valence-corrected chi connectivity index (χ2v) is 6.65. The van der Waals surface area contributed by atoms with Crippen molar-refractivity contribution in [2.75, 3.05) is 0 Å². The fourth-order valence-electron chi connectivity index (χ4n) is 3.12. The first kappa shape index (κ1) is 12.2. The zero-order chi connectivity index (χ0) is 12.9. The van der Waals surface area contributed by atoms with Crippen molar-refractivity contribution in [3.05, 3.63) is 0 Å². The van der Waals surface area contributed by atoms with Crippen LogP contribution in [0.25, 0.3) is 0 Å². The van der Waals surface area contributed by atoms with Crippen molar-refractivity contribution in [3.8, 4) is 6.07 Å². The Labute approximate surface area is 102 Å². The Kier molecular flexibility index (Phi) is 2.43. The first-order valence-electron chi connectivity index (χ1n) is 6.11. The van der Waals surface area contributed by atoms with E-state index in [0.717, 1.165) is 19.3 Å². The lowest BCUT2D eigenvalue weighted by Crippen LogP contribution is -2.76. The molecule has 17 heavy (non-hydrogen) atoms. The van der Waals surface area contributed by atoms with Gasteiger partial charge in [-0.1, -0.05) is 0 Å². The Hall–Kier alpha value is -1.24. The maximum Gasteiger partial charge on any atom is 0.408 e. The lowest BCUT2D eigenvalue weighted by molar-refractivity contribution is -0.171. The normalized spacial score (nSPS) is 35.9. The van der Waals surface area contributed by atoms with Crippen LogP contribution in [0.3, 0.4) is 0 Å². The first-order chi connectivity index (χ1) is 7.70. The predicted octanol–water partition coefficient (Wildman–Crippen LogP) is 2.59. The lowest BCUT2D eigenvalue weighted by Gasteiger charge is -2.71. The summed E-state index contributed by atoms with van der Waals surface area (Å²) in [5, 5.41) is 11.9. The zero-order valence-corrected chi connectivity index (χ0v) is 11.0. The SMILES string of the molecule is CC(C#N)C12CC(NC(=O)OC(C)(C)C)(C1)C2. The van der Waals surface area contributed by atoms with E-state index in [1.54, 1.807) is 0 Å². The van der Waals surface area contributed by atoms with Gasteiger partial charge in [-0.05, 0) is 52.4 Å². The Bertz CT molecular complexity index is 369. The van der Waals surface area contributed by atoms with Gasteiger partial charge in [-0.2, -0.15) is 5.26 Å². The van der Waals surface area contributed by atoms with Gasteiger partial charge in [-0.3, -0.25) is 0 Å². The highest BCUT2D eigenvalue weighted by Crippen LogP contribution is 2.70. The maximum absolute atomic E-state index is 11.6. The van der Waals surface area contributed by atoms with Crippen molar-refractivity contribution in [1.29, 1.82) is 5.26 Å². The summed E-state index contributed by atoms with van der Waals surface area (Å²) in [4.78, 5) is 11.6. The number of amides is 1. The van der Waals surface area contributed by atoms with E-state index in [-0.39, 0.29) is 23.0 Å². The van der Waals surface area contributed by atoms with Crippen LogP contribution in [-0.4, -0.2) is 17.2 Å². The molecule has 4 heteroatoms. The standard InChI is InChI=1S/C13H20N2O2/c1-9(5-14)12-6-13(7-12,8-12)15-10(16)17-11(2,3)4/h9H,6-8H2,1-4H3,(H,15,16). The van der Waals surface area contributed by atoms with Crippen LogP contribution in [0.5, 0.6) is 0 Å². The van der Waals surface area contributed by atoms with Gasteiger partial charge in [0.25, 0.3) is 0 Å². The van der Waals surface area contributed by atoms with Crippen molar-refractivity contribution in [2.24, 2.45) is 11.3 Å². The van der Waals surface area contributed by atoms with Gasteiger partial charge in [0, 0.05) is 11.5 Å². The third kappa shape index (κ3) is 1.99. The maximum atomic E-state index is 11.6. The van der Waals surface area contributed by atoms with Crippen LogP contribution in [0.15, 0.2) is 0 Å². The minimum absolute atomic E-state index is 0.0759. The van der Waals surface area contributed by atoms with E-state index in [1.807, 2.05) is 27.7 Å². The fourth-order valence-corrected chi connectivity index (χ4v) is 3.12. The van der Waals surface area contributed by atoms with Crippen LogP contribution >= 0.6 is 0 Å². The van der Waals surface area contributed by atoms with Crippen molar-refractivity contribution < 1.29 is 9.53 Å². The van der Waals surface area contributed by atoms with E-state index in [4.69, 9.17) is 10.00 Å².